The van der Waals surface area contributed by atoms with Gasteiger partial charge in [-0.3, -0.25) is 4.79 Å². The molecule has 2 aromatic rings. The lowest BCUT2D eigenvalue weighted by Gasteiger charge is -2.04. The highest BCUT2D eigenvalue weighted by atomic mass is 32.2. The van der Waals surface area contributed by atoms with Crippen molar-refractivity contribution in [3.63, 3.8) is 0 Å². The summed E-state index contributed by atoms with van der Waals surface area (Å²) in [5, 5.41) is 11.2. The fourth-order valence-electron chi connectivity index (χ4n) is 1.36. The van der Waals surface area contributed by atoms with Crippen molar-refractivity contribution in [3.05, 3.63) is 24.3 Å². The van der Waals surface area contributed by atoms with Crippen LogP contribution < -0.4 is 5.32 Å². The summed E-state index contributed by atoms with van der Waals surface area (Å²) in [4.78, 5) is 15.9. The fraction of sp³-hybridized carbons (Fsp3) is 0.250. The van der Waals surface area contributed by atoms with Gasteiger partial charge in [0, 0.05) is 0 Å². The quantitative estimate of drug-likeness (QED) is 0.872. The molecule has 1 atom stereocenters. The molecule has 6 heteroatoms. The van der Waals surface area contributed by atoms with Crippen LogP contribution in [-0.2, 0) is 4.79 Å². The van der Waals surface area contributed by atoms with Crippen LogP contribution in [0.5, 0.6) is 0 Å². The number of fused-ring (bicyclic) bond motifs is 1. The Hall–Kier alpha value is -1.58. The van der Waals surface area contributed by atoms with Gasteiger partial charge in [-0.05, 0) is 19.1 Å². The number of aromatic nitrogens is 1. The summed E-state index contributed by atoms with van der Waals surface area (Å²) in [7, 11) is 0. The molecule has 0 radical (unpaired) electrons. The van der Waals surface area contributed by atoms with Gasteiger partial charge in [0.15, 0.2) is 4.34 Å². The number of rotatable bonds is 4. The second kappa shape index (κ2) is 5.85. The maximum absolute atomic E-state index is 11.5. The van der Waals surface area contributed by atoms with Gasteiger partial charge in [-0.2, -0.15) is 5.26 Å². The number of para-hydroxylation sites is 1. The van der Waals surface area contributed by atoms with Crippen LogP contribution in [0, 0.1) is 11.3 Å². The molecular weight excluding hydrogens is 266 g/mol. The first kappa shape index (κ1) is 12.9. The number of benzene rings is 1. The smallest absolute Gasteiger partial charge is 0.231 e. The van der Waals surface area contributed by atoms with Crippen molar-refractivity contribution in [2.75, 3.05) is 5.75 Å². The maximum Gasteiger partial charge on any atom is 0.231 e. The second-order valence-corrected chi connectivity index (χ2v) is 5.91. The molecule has 1 N–H and O–H groups in total. The van der Waals surface area contributed by atoms with Crippen LogP contribution in [-0.4, -0.2) is 22.7 Å². The van der Waals surface area contributed by atoms with Gasteiger partial charge >= 0.3 is 0 Å². The van der Waals surface area contributed by atoms with Gasteiger partial charge in [0.25, 0.3) is 0 Å². The Morgan fingerprint density at radius 3 is 3.11 bits per heavy atom. The number of thioether (sulfide) groups is 1. The summed E-state index contributed by atoms with van der Waals surface area (Å²) in [6, 6.07) is 9.38. The molecule has 1 heterocycles. The highest BCUT2D eigenvalue weighted by molar-refractivity contribution is 8.01. The Balaban J connectivity index is 1.94. The molecule has 0 aliphatic rings. The zero-order valence-corrected chi connectivity index (χ0v) is 11.3. The number of nitrogens with one attached hydrogen (secondary N) is 1. The molecule has 92 valence electrons. The van der Waals surface area contributed by atoms with Gasteiger partial charge in [0.05, 0.1) is 22.0 Å². The van der Waals surface area contributed by atoms with E-state index in [4.69, 9.17) is 5.26 Å². The van der Waals surface area contributed by atoms with Gasteiger partial charge < -0.3 is 5.32 Å². The first-order chi connectivity index (χ1) is 8.69. The lowest BCUT2D eigenvalue weighted by Crippen LogP contribution is -2.32. The van der Waals surface area contributed by atoms with Crippen molar-refractivity contribution in [1.82, 2.24) is 10.3 Å². The van der Waals surface area contributed by atoms with E-state index in [0.29, 0.717) is 0 Å². The number of nitriles is 1. The predicted molar refractivity (Wildman–Crippen MR) is 73.6 cm³/mol. The molecular formula is C12H11N3OS2. The van der Waals surface area contributed by atoms with Crippen molar-refractivity contribution in [2.45, 2.75) is 17.3 Å². The third-order valence-corrected chi connectivity index (χ3v) is 4.35. The summed E-state index contributed by atoms with van der Waals surface area (Å²) in [5.41, 5.74) is 0.954. The third-order valence-electron chi connectivity index (χ3n) is 2.17. The average molecular weight is 277 g/mol. The van der Waals surface area contributed by atoms with E-state index in [-0.39, 0.29) is 11.7 Å². The van der Waals surface area contributed by atoms with E-state index in [1.807, 2.05) is 30.3 Å². The van der Waals surface area contributed by atoms with Gasteiger partial charge in [-0.25, -0.2) is 4.98 Å². The average Bonchev–Trinajstić information content (AvgIpc) is 2.79. The van der Waals surface area contributed by atoms with Crippen LogP contribution in [0.2, 0.25) is 0 Å². The number of hydrogen-bond acceptors (Lipinski definition) is 5. The normalized spacial score (nSPS) is 12.0. The Labute approximate surface area is 113 Å². The van der Waals surface area contributed by atoms with E-state index >= 15 is 0 Å². The van der Waals surface area contributed by atoms with E-state index in [2.05, 4.69) is 10.3 Å². The summed E-state index contributed by atoms with van der Waals surface area (Å²) in [5.74, 6) is 0.138. The molecule has 0 fully saturated rings. The minimum atomic E-state index is -0.450. The topological polar surface area (TPSA) is 65.8 Å². The summed E-state index contributed by atoms with van der Waals surface area (Å²) >= 11 is 2.96. The van der Waals surface area contributed by atoms with Crippen molar-refractivity contribution in [3.8, 4) is 6.07 Å². The van der Waals surface area contributed by atoms with E-state index in [0.717, 1.165) is 14.6 Å². The first-order valence-electron chi connectivity index (χ1n) is 5.36. The third kappa shape index (κ3) is 3.22. The SMILES string of the molecule is CC(C#N)NC(=O)CSc1nc2ccccc2s1. The van der Waals surface area contributed by atoms with Crippen LogP contribution in [0.4, 0.5) is 0 Å². The number of hydrogen-bond donors (Lipinski definition) is 1. The molecule has 1 aromatic carbocycles. The molecule has 1 aromatic heterocycles. The number of thiazole rings is 1. The Bertz CT molecular complexity index is 570. The molecule has 4 nitrogen and oxygen atoms in total. The van der Waals surface area contributed by atoms with Gasteiger partial charge in [-0.1, -0.05) is 23.9 Å². The summed E-state index contributed by atoms with van der Waals surface area (Å²) in [6.45, 7) is 1.65. The first-order valence-corrected chi connectivity index (χ1v) is 7.16. The Morgan fingerprint density at radius 2 is 2.39 bits per heavy atom. The molecule has 0 saturated heterocycles. The van der Waals surface area contributed by atoms with Crippen LogP contribution in [0.1, 0.15) is 6.92 Å². The molecule has 1 unspecified atom stereocenters. The van der Waals surface area contributed by atoms with Crippen molar-refractivity contribution in [2.24, 2.45) is 0 Å². The highest BCUT2D eigenvalue weighted by Gasteiger charge is 2.09. The second-order valence-electron chi connectivity index (χ2n) is 3.65. The number of carbonyl (C=O) groups is 1. The minimum absolute atomic E-state index is 0.145. The van der Waals surface area contributed by atoms with E-state index in [1.165, 1.54) is 11.8 Å². The van der Waals surface area contributed by atoms with Gasteiger partial charge in [0.1, 0.15) is 6.04 Å². The monoisotopic (exact) mass is 277 g/mol. The van der Waals surface area contributed by atoms with Crippen molar-refractivity contribution >= 4 is 39.2 Å². The molecule has 18 heavy (non-hydrogen) atoms. The number of amides is 1. The van der Waals surface area contributed by atoms with Crippen LogP contribution in [0.25, 0.3) is 10.2 Å². The Morgan fingerprint density at radius 1 is 1.61 bits per heavy atom. The van der Waals surface area contributed by atoms with Crippen LogP contribution in [0.15, 0.2) is 28.6 Å². The lowest BCUT2D eigenvalue weighted by molar-refractivity contribution is -0.118. The zero-order valence-electron chi connectivity index (χ0n) is 9.71. The predicted octanol–water partition coefficient (Wildman–Crippen LogP) is 2.42. The zero-order chi connectivity index (χ0) is 13.0. The van der Waals surface area contributed by atoms with Crippen molar-refractivity contribution in [1.29, 1.82) is 5.26 Å². The Kier molecular flexibility index (Phi) is 4.18. The largest absolute Gasteiger partial charge is 0.340 e. The van der Waals surface area contributed by atoms with Crippen LogP contribution >= 0.6 is 23.1 Å². The van der Waals surface area contributed by atoms with Gasteiger partial charge in [0.2, 0.25) is 5.91 Å². The summed E-state index contributed by atoms with van der Waals surface area (Å²) in [6.07, 6.45) is 0. The molecule has 1 amide bonds. The van der Waals surface area contributed by atoms with Gasteiger partial charge in [-0.15, -0.1) is 11.3 Å². The van der Waals surface area contributed by atoms with E-state index < -0.39 is 6.04 Å². The lowest BCUT2D eigenvalue weighted by atomic mass is 10.3. The number of nitrogens with zero attached hydrogens (tertiary/aromatic N) is 2. The van der Waals surface area contributed by atoms with Crippen molar-refractivity contribution < 1.29 is 4.79 Å². The molecule has 0 bridgehead atoms. The fourth-order valence-corrected chi connectivity index (χ4v) is 3.24. The van der Waals surface area contributed by atoms with Crippen LogP contribution in [0.3, 0.4) is 0 Å². The molecule has 2 rings (SSSR count). The van der Waals surface area contributed by atoms with E-state index in [9.17, 15) is 4.79 Å². The number of carbonyl (C=O) groups excluding carboxylic acids is 1. The van der Waals surface area contributed by atoms with E-state index in [1.54, 1.807) is 18.3 Å². The molecule has 0 aliphatic heterocycles. The highest BCUT2D eigenvalue weighted by Crippen LogP contribution is 2.28. The molecule has 0 saturated carbocycles. The molecule has 0 aliphatic carbocycles. The minimum Gasteiger partial charge on any atom is -0.340 e. The summed E-state index contributed by atoms with van der Waals surface area (Å²) < 4.78 is 1.99. The molecule has 0 spiro atoms. The standard InChI is InChI=1S/C12H11N3OS2/c1-8(6-13)14-11(16)7-17-12-15-9-4-2-3-5-10(9)18-12/h2-5,8H,7H2,1H3,(H,14,16). The maximum atomic E-state index is 11.5.